The molecule has 2 aliphatic heterocycles. The number of fused-ring (bicyclic) bond motifs is 2. The number of phenolic OH excluding ortho intramolecular Hbond substituents is 1. The number of hydrogen-bond acceptors (Lipinski definition) is 15. The van der Waals surface area contributed by atoms with Crippen LogP contribution in [0, 0.1) is 30.6 Å². The molecule has 17 heteroatoms. The Morgan fingerprint density at radius 3 is 2.36 bits per heavy atom. The lowest BCUT2D eigenvalue weighted by Gasteiger charge is -2.38. The highest BCUT2D eigenvalue weighted by atomic mass is 35.5. The summed E-state index contributed by atoms with van der Waals surface area (Å²) in [4.78, 5) is 62.2. The number of methoxy groups -OCH3 is 1. The standard InChI is InChI=1S/C47H56ClN3O13/c1-21-13-12-14-22(2)46(58)50-37-41(56)33-32(36-44(37)63-31-20-28(60-18-16-51(9)10)19-29(48)35(31)49-36)34-43(26(6)40(33)55)64-47(8,45(34)57)61-17-15-30(59-11)23(3)42(62-27(7)52)25(5)39(54)24(4)38(21)53/h12-15,17,19-21,23-25,30,38-39,42,53-54,56H,16,18H2,1-11H3,(H,50,58)/b13-12+,17-15+,22-14-/t21-,23+,24+,25+,30-,38-,39+,42+,47-/m0/s1. The average Bonchev–Trinajstić information content (AvgIpc) is 3.51. The number of Topliss-reactive ketones (excluding diaryl/α,β-unsaturated/α-hetero) is 1. The van der Waals surface area contributed by atoms with Crippen LogP contribution in [0.25, 0.3) is 33.0 Å². The number of carbonyl (C=O) groups excluding carboxylic acids is 3. The molecule has 4 N–H and O–H groups in total. The van der Waals surface area contributed by atoms with Gasteiger partial charge in [0.2, 0.25) is 0 Å². The van der Waals surface area contributed by atoms with E-state index in [2.05, 4.69) is 5.32 Å². The molecule has 344 valence electrons. The molecule has 0 aliphatic carbocycles. The number of allylic oxidation sites excluding steroid dienone is 2. The summed E-state index contributed by atoms with van der Waals surface area (Å²) in [5.41, 5.74) is -1.12. The van der Waals surface area contributed by atoms with Gasteiger partial charge in [-0.2, -0.15) is 0 Å². The molecule has 3 heterocycles. The molecule has 64 heavy (non-hydrogen) atoms. The van der Waals surface area contributed by atoms with Crippen LogP contribution in [0.4, 0.5) is 5.69 Å². The Bertz CT molecular complexity index is 2660. The van der Waals surface area contributed by atoms with Gasteiger partial charge in [-0.05, 0) is 34.0 Å². The topological polar surface area (TPSA) is 216 Å². The number of ether oxygens (including phenoxy) is 5. The summed E-state index contributed by atoms with van der Waals surface area (Å²) >= 11 is 6.80. The molecule has 0 fully saturated rings. The molecule has 1 aromatic heterocycles. The average molecular weight is 906 g/mol. The maximum Gasteiger partial charge on any atom is 0.312 e. The van der Waals surface area contributed by atoms with Crippen molar-refractivity contribution in [3.05, 3.63) is 74.6 Å². The molecule has 16 nitrogen and oxygen atoms in total. The summed E-state index contributed by atoms with van der Waals surface area (Å²) in [7, 11) is 5.23. The first kappa shape index (κ1) is 47.9. The number of amides is 1. The number of aliphatic hydroxyl groups excluding tert-OH is 2. The number of phenols is 1. The number of nitrogens with zero attached hydrogens (tertiary/aromatic N) is 2. The number of aliphatic hydroxyl groups is 2. The largest absolute Gasteiger partial charge is 0.505 e. The Labute approximate surface area is 375 Å². The molecule has 4 bridgehead atoms. The summed E-state index contributed by atoms with van der Waals surface area (Å²) in [5.74, 6) is -7.12. The van der Waals surface area contributed by atoms with Gasteiger partial charge in [0, 0.05) is 79.8 Å². The fraction of sp³-hybridized carbons (Fsp3) is 0.468. The van der Waals surface area contributed by atoms with E-state index in [0.29, 0.717) is 18.9 Å². The summed E-state index contributed by atoms with van der Waals surface area (Å²) in [6.45, 7) is 13.4. The van der Waals surface area contributed by atoms with Crippen molar-refractivity contribution in [1.82, 2.24) is 9.88 Å². The molecular weight excluding hydrogens is 850 g/mol. The lowest BCUT2D eigenvalue weighted by atomic mass is 9.78. The smallest absolute Gasteiger partial charge is 0.312 e. The third-order valence-corrected chi connectivity index (χ3v) is 12.5. The maximum absolute atomic E-state index is 14.7. The molecule has 0 saturated heterocycles. The normalized spacial score (nSPS) is 28.8. The van der Waals surface area contributed by atoms with Crippen LogP contribution in [-0.2, 0) is 23.8 Å². The van der Waals surface area contributed by atoms with Gasteiger partial charge in [0.15, 0.2) is 22.3 Å². The molecule has 0 radical (unpaired) electrons. The van der Waals surface area contributed by atoms with Gasteiger partial charge in [0.05, 0.1) is 40.5 Å². The number of halogens is 1. The predicted octanol–water partition coefficient (Wildman–Crippen LogP) is 6.59. The number of nitrogens with one attached hydrogen (secondary N) is 1. The molecule has 0 saturated carbocycles. The van der Waals surface area contributed by atoms with Crippen LogP contribution < -0.4 is 20.2 Å². The van der Waals surface area contributed by atoms with E-state index >= 15 is 0 Å². The van der Waals surface area contributed by atoms with Crippen molar-refractivity contribution >= 4 is 67.9 Å². The van der Waals surface area contributed by atoms with E-state index in [-0.39, 0.29) is 66.1 Å². The van der Waals surface area contributed by atoms with Crippen molar-refractivity contribution in [3.63, 3.8) is 0 Å². The second kappa shape index (κ2) is 18.9. The van der Waals surface area contributed by atoms with Gasteiger partial charge < -0.3 is 53.6 Å². The lowest BCUT2D eigenvalue weighted by Crippen LogP contribution is -2.46. The number of ketones is 1. The number of benzene rings is 3. The Morgan fingerprint density at radius 2 is 1.70 bits per heavy atom. The van der Waals surface area contributed by atoms with Gasteiger partial charge in [0.1, 0.15) is 40.9 Å². The molecule has 4 aromatic rings. The van der Waals surface area contributed by atoms with Gasteiger partial charge >= 0.3 is 11.8 Å². The molecule has 0 unspecified atom stereocenters. The van der Waals surface area contributed by atoms with E-state index in [0.717, 1.165) is 0 Å². The molecular formula is C47H56ClN3O13. The Morgan fingerprint density at radius 1 is 1.00 bits per heavy atom. The Balaban J connectivity index is 1.60. The molecule has 6 rings (SSSR count). The lowest BCUT2D eigenvalue weighted by molar-refractivity contribution is -0.160. The minimum absolute atomic E-state index is 0.0354. The SMILES string of the molecule is CO[C@H]1/C=C/O[C@@]2(C)Oc3c(C)c(=O)c4c(O)c(c5oc6cc(OCCN(C)C)cc(Cl)c6nc5c4c3C2=O)NC(=O)/C(C)=C\C=C\[C@H](C)[C@H](O)[C@@H](C)[C@@H](O)[C@@H](C)[C@H](OC(C)=O)[C@@H]1C. The van der Waals surface area contributed by atoms with E-state index in [9.17, 15) is 34.5 Å². The van der Waals surface area contributed by atoms with Crippen LogP contribution in [-0.4, -0.2) is 107 Å². The van der Waals surface area contributed by atoms with E-state index in [1.807, 2.05) is 19.0 Å². The van der Waals surface area contributed by atoms with Crippen molar-refractivity contribution in [2.24, 2.45) is 23.7 Å². The van der Waals surface area contributed by atoms with Crippen LogP contribution in [0.2, 0.25) is 5.02 Å². The highest BCUT2D eigenvalue weighted by Gasteiger charge is 2.49. The first-order chi connectivity index (χ1) is 30.1. The second-order valence-electron chi connectivity index (χ2n) is 17.1. The van der Waals surface area contributed by atoms with Gasteiger partial charge in [-0.15, -0.1) is 0 Å². The van der Waals surface area contributed by atoms with Crippen LogP contribution in [0.1, 0.15) is 64.4 Å². The summed E-state index contributed by atoms with van der Waals surface area (Å²) in [5, 5.41) is 37.4. The van der Waals surface area contributed by atoms with Crippen molar-refractivity contribution in [1.29, 1.82) is 0 Å². The molecule has 0 spiro atoms. The first-order valence-electron chi connectivity index (χ1n) is 21.0. The van der Waals surface area contributed by atoms with E-state index < -0.39 is 82.7 Å². The maximum atomic E-state index is 14.7. The van der Waals surface area contributed by atoms with Gasteiger partial charge in [-0.3, -0.25) is 19.2 Å². The number of esters is 1. The first-order valence-corrected chi connectivity index (χ1v) is 21.4. The highest BCUT2D eigenvalue weighted by Crippen LogP contribution is 2.49. The van der Waals surface area contributed by atoms with Crippen LogP contribution >= 0.6 is 11.6 Å². The minimum Gasteiger partial charge on any atom is -0.505 e. The number of aromatic nitrogens is 1. The summed E-state index contributed by atoms with van der Waals surface area (Å²) < 4.78 is 36.2. The van der Waals surface area contributed by atoms with Crippen molar-refractivity contribution < 1.29 is 57.8 Å². The van der Waals surface area contributed by atoms with E-state index in [4.69, 9.17) is 44.7 Å². The fourth-order valence-electron chi connectivity index (χ4n) is 8.27. The fourth-order valence-corrected chi connectivity index (χ4v) is 8.52. The molecule has 3 aromatic carbocycles. The number of anilines is 1. The number of hydrogen-bond donors (Lipinski definition) is 4. The van der Waals surface area contributed by atoms with Crippen molar-refractivity contribution in [3.8, 4) is 17.2 Å². The quantitative estimate of drug-likeness (QED) is 0.0695. The van der Waals surface area contributed by atoms with Gasteiger partial charge in [-0.25, -0.2) is 4.98 Å². The van der Waals surface area contributed by atoms with E-state index in [1.54, 1.807) is 52.0 Å². The molecule has 1 amide bonds. The third-order valence-electron chi connectivity index (χ3n) is 12.2. The number of aromatic hydroxyl groups is 1. The number of rotatable bonds is 6. The molecule has 9 atom stereocenters. The summed E-state index contributed by atoms with van der Waals surface area (Å²) in [6.07, 6.45) is 3.49. The number of likely N-dealkylation sites (N-methyl/N-ethyl adjacent to an activating group) is 1. The highest BCUT2D eigenvalue weighted by molar-refractivity contribution is 6.35. The second-order valence-corrected chi connectivity index (χ2v) is 17.5. The Kier molecular flexibility index (Phi) is 14.2. The van der Waals surface area contributed by atoms with E-state index in [1.165, 1.54) is 53.2 Å². The Hall–Kier alpha value is -5.52. The van der Waals surface area contributed by atoms with Crippen molar-refractivity contribution in [2.75, 3.05) is 39.7 Å². The van der Waals surface area contributed by atoms with Crippen LogP contribution in [0.5, 0.6) is 17.2 Å². The third kappa shape index (κ3) is 9.07. The molecule has 2 aliphatic rings. The number of carbonyl (C=O) groups is 3. The van der Waals surface area contributed by atoms with Crippen LogP contribution in [0.3, 0.4) is 0 Å². The monoisotopic (exact) mass is 905 g/mol. The predicted molar refractivity (Wildman–Crippen MR) is 241 cm³/mol. The van der Waals surface area contributed by atoms with Gasteiger partial charge in [-0.1, -0.05) is 57.5 Å². The van der Waals surface area contributed by atoms with Gasteiger partial charge in [0.25, 0.3) is 11.7 Å². The zero-order valence-electron chi connectivity index (χ0n) is 37.8. The zero-order valence-corrected chi connectivity index (χ0v) is 38.5. The minimum atomic E-state index is -2.07. The summed E-state index contributed by atoms with van der Waals surface area (Å²) in [6, 6.07) is 3.10. The zero-order chi connectivity index (χ0) is 47.1. The van der Waals surface area contributed by atoms with Crippen LogP contribution in [0.15, 0.2) is 57.5 Å². The van der Waals surface area contributed by atoms with Crippen molar-refractivity contribution in [2.45, 2.75) is 85.6 Å².